The maximum Gasteiger partial charge on any atom is 0.391 e. The quantitative estimate of drug-likeness (QED) is 0.618. The van der Waals surface area contributed by atoms with Crippen LogP contribution in [-0.4, -0.2) is 12.4 Å². The molecule has 0 spiro atoms. The fourth-order valence-electron chi connectivity index (χ4n) is 2.62. The third kappa shape index (κ3) is 4.07. The van der Waals surface area contributed by atoms with Crippen LogP contribution in [0.2, 0.25) is 0 Å². The number of rotatable bonds is 2. The van der Waals surface area contributed by atoms with Gasteiger partial charge in [0.15, 0.2) is 0 Å². The average Bonchev–Trinajstić information content (AvgIpc) is 2.15. The molecule has 6 heteroatoms. The number of alkyl halides is 6. The summed E-state index contributed by atoms with van der Waals surface area (Å²) in [5.74, 6) is -4.04. The van der Waals surface area contributed by atoms with E-state index in [2.05, 4.69) is 0 Å². The maximum absolute atomic E-state index is 12.5. The van der Waals surface area contributed by atoms with Gasteiger partial charge in [-0.15, -0.1) is 0 Å². The van der Waals surface area contributed by atoms with E-state index in [-0.39, 0.29) is 12.8 Å². The van der Waals surface area contributed by atoms with Crippen LogP contribution < -0.4 is 0 Å². The standard InChI is InChI=1S/C11H16F6/c1-2-3-7-4-8(10(12,13)14)6-9(5-7)11(15,16)17/h7-9H,2-6H2,1H3. The molecule has 102 valence electrons. The van der Waals surface area contributed by atoms with Crippen LogP contribution in [0.4, 0.5) is 26.3 Å². The van der Waals surface area contributed by atoms with E-state index < -0.39 is 36.5 Å². The Balaban J connectivity index is 2.76. The second-order valence-corrected chi connectivity index (χ2v) is 4.84. The number of hydrogen-bond acceptors (Lipinski definition) is 0. The van der Waals surface area contributed by atoms with Gasteiger partial charge in [-0.3, -0.25) is 0 Å². The predicted octanol–water partition coefficient (Wildman–Crippen LogP) is 4.94. The summed E-state index contributed by atoms with van der Waals surface area (Å²) in [4.78, 5) is 0. The van der Waals surface area contributed by atoms with Gasteiger partial charge in [0.05, 0.1) is 11.8 Å². The lowest BCUT2D eigenvalue weighted by Crippen LogP contribution is -2.38. The van der Waals surface area contributed by atoms with Crippen molar-refractivity contribution in [2.24, 2.45) is 17.8 Å². The van der Waals surface area contributed by atoms with Crippen LogP contribution in [0.15, 0.2) is 0 Å². The molecular formula is C11H16F6. The van der Waals surface area contributed by atoms with Crippen molar-refractivity contribution in [3.63, 3.8) is 0 Å². The normalized spacial score (nSPS) is 31.6. The van der Waals surface area contributed by atoms with Gasteiger partial charge in [0, 0.05) is 0 Å². The zero-order valence-corrected chi connectivity index (χ0v) is 9.54. The minimum absolute atomic E-state index is 0.149. The first-order valence-corrected chi connectivity index (χ1v) is 5.78. The van der Waals surface area contributed by atoms with E-state index in [9.17, 15) is 26.3 Å². The Morgan fingerprint density at radius 2 is 1.24 bits per heavy atom. The molecule has 0 bridgehead atoms. The lowest BCUT2D eigenvalue weighted by Gasteiger charge is -2.36. The summed E-state index contributed by atoms with van der Waals surface area (Å²) in [6.07, 6.45) is -9.04. The molecule has 2 atom stereocenters. The van der Waals surface area contributed by atoms with E-state index >= 15 is 0 Å². The summed E-state index contributed by atoms with van der Waals surface area (Å²) in [5, 5.41) is 0. The highest BCUT2D eigenvalue weighted by molar-refractivity contribution is 4.85. The van der Waals surface area contributed by atoms with Gasteiger partial charge in [0.25, 0.3) is 0 Å². The fourth-order valence-corrected chi connectivity index (χ4v) is 2.62. The molecule has 0 aliphatic heterocycles. The van der Waals surface area contributed by atoms with E-state index in [1.807, 2.05) is 0 Å². The summed E-state index contributed by atoms with van der Waals surface area (Å²) in [6, 6.07) is 0. The monoisotopic (exact) mass is 262 g/mol. The molecule has 0 heterocycles. The van der Waals surface area contributed by atoms with Crippen molar-refractivity contribution in [1.29, 1.82) is 0 Å². The Morgan fingerprint density at radius 1 is 0.824 bits per heavy atom. The molecule has 0 aromatic carbocycles. The van der Waals surface area contributed by atoms with Gasteiger partial charge in [0.1, 0.15) is 0 Å². The lowest BCUT2D eigenvalue weighted by molar-refractivity contribution is -0.228. The molecule has 1 saturated carbocycles. The summed E-state index contributed by atoms with van der Waals surface area (Å²) in [6.45, 7) is 1.78. The zero-order valence-electron chi connectivity index (χ0n) is 9.54. The molecule has 1 rings (SSSR count). The Kier molecular flexibility index (Phi) is 4.36. The van der Waals surface area contributed by atoms with Crippen molar-refractivity contribution >= 4 is 0 Å². The van der Waals surface area contributed by atoms with Gasteiger partial charge in [-0.25, -0.2) is 0 Å². The Bertz CT molecular complexity index is 219. The third-order valence-corrected chi connectivity index (χ3v) is 3.43. The minimum atomic E-state index is -4.50. The van der Waals surface area contributed by atoms with Crippen molar-refractivity contribution in [3.05, 3.63) is 0 Å². The molecule has 0 radical (unpaired) electrons. The predicted molar refractivity (Wildman–Crippen MR) is 51.3 cm³/mol. The number of hydrogen-bond donors (Lipinski definition) is 0. The van der Waals surface area contributed by atoms with Gasteiger partial charge in [-0.05, 0) is 25.2 Å². The fraction of sp³-hybridized carbons (Fsp3) is 1.00. The lowest BCUT2D eigenvalue weighted by atomic mass is 9.73. The van der Waals surface area contributed by atoms with Gasteiger partial charge in [0.2, 0.25) is 0 Å². The Hall–Kier alpha value is -0.420. The second-order valence-electron chi connectivity index (χ2n) is 4.84. The van der Waals surface area contributed by atoms with Crippen LogP contribution in [0.25, 0.3) is 0 Å². The Labute approximate surface area is 96.4 Å². The topological polar surface area (TPSA) is 0 Å². The third-order valence-electron chi connectivity index (χ3n) is 3.43. The molecule has 17 heavy (non-hydrogen) atoms. The second kappa shape index (κ2) is 5.06. The molecule has 1 fully saturated rings. The summed E-state index contributed by atoms with van der Waals surface area (Å²) in [5.41, 5.74) is 0. The van der Waals surface area contributed by atoms with Crippen LogP contribution in [-0.2, 0) is 0 Å². The van der Waals surface area contributed by atoms with Gasteiger partial charge in [-0.1, -0.05) is 19.8 Å². The maximum atomic E-state index is 12.5. The van der Waals surface area contributed by atoms with Crippen LogP contribution in [0.1, 0.15) is 39.0 Å². The molecule has 0 amide bonds. The van der Waals surface area contributed by atoms with Crippen molar-refractivity contribution in [3.8, 4) is 0 Å². The van der Waals surface area contributed by atoms with E-state index in [1.165, 1.54) is 0 Å². The molecule has 0 nitrogen and oxygen atoms in total. The highest BCUT2D eigenvalue weighted by atomic mass is 19.4. The van der Waals surface area contributed by atoms with Gasteiger partial charge >= 0.3 is 12.4 Å². The summed E-state index contributed by atoms with van der Waals surface area (Å²) < 4.78 is 75.3. The smallest absolute Gasteiger partial charge is 0.171 e. The van der Waals surface area contributed by atoms with E-state index in [0.717, 1.165) is 0 Å². The summed E-state index contributed by atoms with van der Waals surface area (Å²) >= 11 is 0. The van der Waals surface area contributed by atoms with Crippen molar-refractivity contribution in [1.82, 2.24) is 0 Å². The first-order chi connectivity index (χ1) is 7.64. The molecule has 1 aliphatic rings. The highest BCUT2D eigenvalue weighted by Gasteiger charge is 2.51. The van der Waals surface area contributed by atoms with Crippen molar-refractivity contribution in [2.75, 3.05) is 0 Å². The van der Waals surface area contributed by atoms with E-state index in [0.29, 0.717) is 12.8 Å². The molecular weight excluding hydrogens is 246 g/mol. The summed E-state index contributed by atoms with van der Waals surface area (Å²) in [7, 11) is 0. The van der Waals surface area contributed by atoms with Gasteiger partial charge < -0.3 is 0 Å². The van der Waals surface area contributed by atoms with Crippen molar-refractivity contribution < 1.29 is 26.3 Å². The number of halogens is 6. The first kappa shape index (κ1) is 14.6. The van der Waals surface area contributed by atoms with Crippen LogP contribution in [0, 0.1) is 17.8 Å². The van der Waals surface area contributed by atoms with Gasteiger partial charge in [-0.2, -0.15) is 26.3 Å². The van der Waals surface area contributed by atoms with E-state index in [4.69, 9.17) is 0 Å². The molecule has 1 aliphatic carbocycles. The Morgan fingerprint density at radius 3 is 1.53 bits per heavy atom. The van der Waals surface area contributed by atoms with E-state index in [1.54, 1.807) is 6.92 Å². The van der Waals surface area contributed by atoms with Crippen molar-refractivity contribution in [2.45, 2.75) is 51.4 Å². The molecule has 0 aromatic heterocycles. The van der Waals surface area contributed by atoms with Crippen LogP contribution in [0.5, 0.6) is 0 Å². The minimum Gasteiger partial charge on any atom is -0.171 e. The van der Waals surface area contributed by atoms with Crippen LogP contribution in [0.3, 0.4) is 0 Å². The molecule has 2 unspecified atom stereocenters. The van der Waals surface area contributed by atoms with Crippen LogP contribution >= 0.6 is 0 Å². The average molecular weight is 262 g/mol. The molecule has 0 N–H and O–H groups in total. The SMILES string of the molecule is CCCC1CC(C(F)(F)F)CC(C(F)(F)F)C1. The largest absolute Gasteiger partial charge is 0.391 e. The first-order valence-electron chi connectivity index (χ1n) is 5.78. The molecule has 0 aromatic rings. The highest BCUT2D eigenvalue weighted by Crippen LogP contribution is 2.48. The zero-order chi connectivity index (χ0) is 13.3. The molecule has 0 saturated heterocycles.